The molecule has 1 aliphatic heterocycles. The Labute approximate surface area is 70.7 Å². The fourth-order valence-electron chi connectivity index (χ4n) is 1.17. The van der Waals surface area contributed by atoms with E-state index in [9.17, 15) is 0 Å². The number of rotatable bonds is 0. The van der Waals surface area contributed by atoms with Crippen LogP contribution in [0.5, 0.6) is 0 Å². The van der Waals surface area contributed by atoms with Crippen LogP contribution in [0.2, 0.25) is 0 Å². The maximum absolute atomic E-state index is 4.91. The lowest BCUT2D eigenvalue weighted by molar-refractivity contribution is -0.299. The average Bonchev–Trinajstić information content (AvgIpc) is 2.29. The summed E-state index contributed by atoms with van der Waals surface area (Å²) in [6.07, 6.45) is 1.76. The Hall–Kier alpha value is -1.13. The Kier molecular flexibility index (Phi) is 1.93. The van der Waals surface area contributed by atoms with E-state index < -0.39 is 0 Å². The Bertz CT molecular complexity index is 278. The predicted octanol–water partition coefficient (Wildman–Crippen LogP) is 0.937. The maximum Gasteiger partial charge on any atom is 0.155 e. The molecule has 1 aromatic rings. The van der Waals surface area contributed by atoms with Crippen molar-refractivity contribution in [2.45, 2.75) is 6.61 Å². The fraction of sp³-hybridized carbons (Fsp3) is 0.375. The molecule has 2 rings (SSSR count). The summed E-state index contributed by atoms with van der Waals surface area (Å²) in [6, 6.07) is 3.87. The third-order valence-electron chi connectivity index (χ3n) is 1.77. The van der Waals surface area contributed by atoms with Crippen molar-refractivity contribution in [3.05, 3.63) is 23.9 Å². The molecule has 4 nitrogen and oxygen atoms in total. The van der Waals surface area contributed by atoms with Gasteiger partial charge in [0.25, 0.3) is 0 Å². The summed E-state index contributed by atoms with van der Waals surface area (Å²) >= 11 is 0. The van der Waals surface area contributed by atoms with Crippen molar-refractivity contribution in [2.75, 3.05) is 18.7 Å². The highest BCUT2D eigenvalue weighted by atomic mass is 17.2. The van der Waals surface area contributed by atoms with Crippen molar-refractivity contribution in [1.29, 1.82) is 0 Å². The molecule has 0 radical (unpaired) electrons. The minimum absolute atomic E-state index is 0.421. The van der Waals surface area contributed by atoms with Crippen LogP contribution in [-0.2, 0) is 16.4 Å². The standard InChI is InChI=1S/C8H10N2O2/c1-10-6-12-11-5-7-3-2-4-9-8(7)10/h2-4H,5-6H2,1H3. The van der Waals surface area contributed by atoms with Gasteiger partial charge in [-0.25, -0.2) is 14.8 Å². The first-order valence-corrected chi connectivity index (χ1v) is 3.77. The number of nitrogens with zero attached hydrogens (tertiary/aromatic N) is 2. The van der Waals surface area contributed by atoms with Crippen LogP contribution in [0.4, 0.5) is 5.82 Å². The molecule has 64 valence electrons. The molecular weight excluding hydrogens is 156 g/mol. The zero-order valence-electron chi connectivity index (χ0n) is 6.86. The van der Waals surface area contributed by atoms with Crippen LogP contribution in [0.15, 0.2) is 18.3 Å². The van der Waals surface area contributed by atoms with E-state index in [0.29, 0.717) is 13.3 Å². The quantitative estimate of drug-likeness (QED) is 0.537. The van der Waals surface area contributed by atoms with E-state index in [2.05, 4.69) is 4.98 Å². The molecule has 1 aromatic heterocycles. The molecule has 2 heterocycles. The van der Waals surface area contributed by atoms with Gasteiger partial charge in [0, 0.05) is 18.8 Å². The Morgan fingerprint density at radius 2 is 2.42 bits per heavy atom. The number of fused-ring (bicyclic) bond motifs is 1. The summed E-state index contributed by atoms with van der Waals surface area (Å²) in [6.45, 7) is 0.886. The molecule has 0 saturated heterocycles. The van der Waals surface area contributed by atoms with Gasteiger partial charge in [-0.1, -0.05) is 6.07 Å². The van der Waals surface area contributed by atoms with Gasteiger partial charge in [0.2, 0.25) is 0 Å². The van der Waals surface area contributed by atoms with E-state index in [-0.39, 0.29) is 0 Å². The van der Waals surface area contributed by atoms with Gasteiger partial charge >= 0.3 is 0 Å². The van der Waals surface area contributed by atoms with Gasteiger partial charge in [-0.2, -0.15) is 0 Å². The van der Waals surface area contributed by atoms with E-state index in [0.717, 1.165) is 11.4 Å². The number of aromatic nitrogens is 1. The van der Waals surface area contributed by atoms with Crippen molar-refractivity contribution in [1.82, 2.24) is 4.98 Å². The second-order valence-corrected chi connectivity index (χ2v) is 2.69. The third-order valence-corrected chi connectivity index (χ3v) is 1.77. The highest BCUT2D eigenvalue weighted by molar-refractivity contribution is 5.45. The summed E-state index contributed by atoms with van der Waals surface area (Å²) in [7, 11) is 1.92. The van der Waals surface area contributed by atoms with Gasteiger partial charge in [0.15, 0.2) is 6.73 Å². The van der Waals surface area contributed by atoms with E-state index >= 15 is 0 Å². The lowest BCUT2D eigenvalue weighted by atomic mass is 10.2. The van der Waals surface area contributed by atoms with Crippen LogP contribution in [0.25, 0.3) is 0 Å². The molecule has 0 N–H and O–H groups in total. The summed E-state index contributed by atoms with van der Waals surface area (Å²) < 4.78 is 0. The predicted molar refractivity (Wildman–Crippen MR) is 43.4 cm³/mol. The van der Waals surface area contributed by atoms with Crippen LogP contribution in [0.3, 0.4) is 0 Å². The van der Waals surface area contributed by atoms with Gasteiger partial charge in [0.1, 0.15) is 12.4 Å². The van der Waals surface area contributed by atoms with E-state index in [1.807, 2.05) is 24.1 Å². The molecule has 0 atom stereocenters. The molecule has 0 unspecified atom stereocenters. The molecule has 0 amide bonds. The molecular formula is C8H10N2O2. The number of anilines is 1. The molecule has 0 spiro atoms. The molecule has 4 heteroatoms. The lowest BCUT2D eigenvalue weighted by Crippen LogP contribution is -2.20. The number of hydrogen-bond donors (Lipinski definition) is 0. The maximum atomic E-state index is 4.91. The minimum Gasteiger partial charge on any atom is -0.334 e. The largest absolute Gasteiger partial charge is 0.334 e. The van der Waals surface area contributed by atoms with Gasteiger partial charge in [-0.3, -0.25) is 0 Å². The van der Waals surface area contributed by atoms with Gasteiger partial charge < -0.3 is 4.90 Å². The smallest absolute Gasteiger partial charge is 0.155 e. The summed E-state index contributed by atoms with van der Waals surface area (Å²) in [5.41, 5.74) is 1.05. The molecule has 1 aliphatic rings. The molecule has 0 saturated carbocycles. The van der Waals surface area contributed by atoms with Crippen molar-refractivity contribution in [3.8, 4) is 0 Å². The number of hydrogen-bond acceptors (Lipinski definition) is 4. The number of pyridine rings is 1. The lowest BCUT2D eigenvalue weighted by Gasteiger charge is -2.14. The first-order chi connectivity index (χ1) is 5.88. The van der Waals surface area contributed by atoms with Crippen LogP contribution in [0.1, 0.15) is 5.56 Å². The first kappa shape index (κ1) is 7.52. The fourth-order valence-corrected chi connectivity index (χ4v) is 1.17. The normalized spacial score (nSPS) is 16.9. The van der Waals surface area contributed by atoms with E-state index in [1.54, 1.807) is 6.20 Å². The van der Waals surface area contributed by atoms with Crippen molar-refractivity contribution < 1.29 is 9.78 Å². The molecule has 0 fully saturated rings. The van der Waals surface area contributed by atoms with Crippen LogP contribution in [0, 0.1) is 0 Å². The SMILES string of the molecule is CN1COOCc2cccnc21. The van der Waals surface area contributed by atoms with Gasteiger partial charge in [-0.05, 0) is 6.07 Å². The highest BCUT2D eigenvalue weighted by Gasteiger charge is 2.12. The van der Waals surface area contributed by atoms with Crippen molar-refractivity contribution >= 4 is 5.82 Å². The van der Waals surface area contributed by atoms with Gasteiger partial charge in [-0.15, -0.1) is 0 Å². The van der Waals surface area contributed by atoms with E-state index in [1.165, 1.54) is 0 Å². The van der Waals surface area contributed by atoms with Crippen LogP contribution in [-0.4, -0.2) is 18.8 Å². The Morgan fingerprint density at radius 1 is 1.50 bits per heavy atom. The van der Waals surface area contributed by atoms with Crippen molar-refractivity contribution in [3.63, 3.8) is 0 Å². The first-order valence-electron chi connectivity index (χ1n) is 3.77. The molecule has 0 bridgehead atoms. The monoisotopic (exact) mass is 166 g/mol. The summed E-state index contributed by atoms with van der Waals surface area (Å²) in [5, 5.41) is 0. The molecule has 0 aliphatic carbocycles. The van der Waals surface area contributed by atoms with Crippen LogP contribution >= 0.6 is 0 Å². The summed E-state index contributed by atoms with van der Waals surface area (Å²) in [5.74, 6) is 0.926. The third kappa shape index (κ3) is 1.26. The highest BCUT2D eigenvalue weighted by Crippen LogP contribution is 2.19. The topological polar surface area (TPSA) is 34.6 Å². The van der Waals surface area contributed by atoms with Crippen LogP contribution < -0.4 is 4.90 Å². The zero-order chi connectivity index (χ0) is 8.39. The summed E-state index contributed by atoms with van der Waals surface area (Å²) in [4.78, 5) is 15.9. The van der Waals surface area contributed by atoms with Gasteiger partial charge in [0.05, 0.1) is 0 Å². The van der Waals surface area contributed by atoms with Crippen molar-refractivity contribution in [2.24, 2.45) is 0 Å². The molecule has 12 heavy (non-hydrogen) atoms. The van der Waals surface area contributed by atoms with E-state index in [4.69, 9.17) is 9.78 Å². The molecule has 0 aromatic carbocycles. The minimum atomic E-state index is 0.421. The second kappa shape index (κ2) is 3.08. The Balaban J connectivity index is 2.39. The zero-order valence-corrected chi connectivity index (χ0v) is 6.86. The second-order valence-electron chi connectivity index (χ2n) is 2.69. The average molecular weight is 166 g/mol. The Morgan fingerprint density at radius 3 is 3.33 bits per heavy atom.